The van der Waals surface area contributed by atoms with Gasteiger partial charge in [-0.1, -0.05) is 77.8 Å². The lowest BCUT2D eigenvalue weighted by molar-refractivity contribution is -0.432. The van der Waals surface area contributed by atoms with Gasteiger partial charge in [-0.2, -0.15) is 8.42 Å². The van der Waals surface area contributed by atoms with Crippen molar-refractivity contribution in [2.75, 3.05) is 0 Å². The van der Waals surface area contributed by atoms with E-state index in [0.717, 1.165) is 50.3 Å². The Morgan fingerprint density at radius 2 is 0.875 bits per heavy atom. The maximum Gasteiger partial charge on any atom is 0.294 e. The van der Waals surface area contributed by atoms with Gasteiger partial charge in [0.1, 0.15) is 0 Å². The Labute approximate surface area is 189 Å². The number of rotatable bonds is 7. The summed E-state index contributed by atoms with van der Waals surface area (Å²) in [5.41, 5.74) is 6.05. The summed E-state index contributed by atoms with van der Waals surface area (Å²) in [6.45, 7) is 0. The smallest absolute Gasteiger partial charge is 0.282 e. The van der Waals surface area contributed by atoms with Gasteiger partial charge in [0.2, 0.25) is 0 Å². The molecule has 0 amide bonds. The monoisotopic (exact) mass is 466 g/mol. The molecule has 8 heteroatoms. The van der Waals surface area contributed by atoms with Crippen molar-refractivity contribution in [2.45, 2.75) is 9.79 Å². The van der Waals surface area contributed by atoms with Crippen LogP contribution in [0, 0.1) is 0 Å². The average molecular weight is 467 g/mol. The van der Waals surface area contributed by atoms with Gasteiger partial charge in [0.25, 0.3) is 10.1 Å². The van der Waals surface area contributed by atoms with Crippen LogP contribution in [0.1, 0.15) is 0 Å². The first kappa shape index (κ1) is 22.2. The number of hydrogen-bond acceptors (Lipinski definition) is 6. The first-order valence-corrected chi connectivity index (χ1v) is 11.7. The topological polar surface area (TPSA) is 93.1 Å². The quantitative estimate of drug-likeness (QED) is 0.142. The predicted molar refractivity (Wildman–Crippen MR) is 123 cm³/mol. The summed E-state index contributed by atoms with van der Waals surface area (Å²) in [5, 5.41) is 11.8. The van der Waals surface area contributed by atoms with Crippen molar-refractivity contribution in [3.63, 3.8) is 0 Å². The maximum atomic E-state index is 11.2. The fourth-order valence-corrected chi connectivity index (χ4v) is 4.12. The average Bonchev–Trinajstić information content (AvgIpc) is 2.83. The van der Waals surface area contributed by atoms with E-state index in [0.29, 0.717) is 0 Å². The molecule has 0 aliphatic heterocycles. The second kappa shape index (κ2) is 9.66. The minimum Gasteiger partial charge on any atom is -0.282 e. The van der Waals surface area contributed by atoms with Crippen molar-refractivity contribution in [1.29, 1.82) is 0 Å². The SMILES string of the molecule is O=S(=O)(O)c1ccc(-c2ccc(-c3ccc(-c4ccc(SOOO)cc4)cc3)cc2)cc1. The summed E-state index contributed by atoms with van der Waals surface area (Å²) in [6, 6.07) is 29.9. The molecule has 2 N–H and O–H groups in total. The minimum atomic E-state index is -4.20. The lowest BCUT2D eigenvalue weighted by atomic mass is 9.98. The Kier molecular flexibility index (Phi) is 6.71. The highest BCUT2D eigenvalue weighted by atomic mass is 32.2. The van der Waals surface area contributed by atoms with Crippen LogP contribution in [0.4, 0.5) is 0 Å². The zero-order valence-electron chi connectivity index (χ0n) is 16.6. The van der Waals surface area contributed by atoms with Crippen LogP contribution in [0.2, 0.25) is 0 Å². The molecule has 0 saturated heterocycles. The molecular weight excluding hydrogens is 448 g/mol. The van der Waals surface area contributed by atoms with Gasteiger partial charge >= 0.3 is 0 Å². The Hall–Kier alpha value is -2.98. The molecule has 4 rings (SSSR count). The first-order valence-electron chi connectivity index (χ1n) is 9.48. The highest BCUT2D eigenvalue weighted by Crippen LogP contribution is 2.29. The van der Waals surface area contributed by atoms with Crippen molar-refractivity contribution in [3.8, 4) is 33.4 Å². The molecule has 0 atom stereocenters. The molecule has 0 aromatic heterocycles. The number of benzene rings is 4. The molecule has 4 aromatic rings. The third kappa shape index (κ3) is 5.25. The lowest BCUT2D eigenvalue weighted by Crippen LogP contribution is -1.97. The van der Waals surface area contributed by atoms with E-state index in [4.69, 9.17) is 9.81 Å². The molecule has 6 nitrogen and oxygen atoms in total. The minimum absolute atomic E-state index is 0.126. The molecule has 0 unspecified atom stereocenters. The van der Waals surface area contributed by atoms with E-state index in [1.54, 1.807) is 12.1 Å². The highest BCUT2D eigenvalue weighted by molar-refractivity contribution is 7.94. The lowest BCUT2D eigenvalue weighted by Gasteiger charge is -2.08. The predicted octanol–water partition coefficient (Wildman–Crippen LogP) is 6.36. The van der Waals surface area contributed by atoms with Gasteiger partial charge in [0.05, 0.1) is 16.9 Å². The van der Waals surface area contributed by atoms with Gasteiger partial charge in [-0.15, -0.1) is 4.33 Å². The molecule has 0 bridgehead atoms. The molecular formula is C24H18O6S2. The van der Waals surface area contributed by atoms with Gasteiger partial charge in [-0.3, -0.25) is 4.55 Å². The summed E-state index contributed by atoms with van der Waals surface area (Å²) in [5.74, 6) is 0. The summed E-state index contributed by atoms with van der Waals surface area (Å²) in [7, 11) is -4.20. The normalized spacial score (nSPS) is 11.4. The van der Waals surface area contributed by atoms with Gasteiger partial charge < -0.3 is 0 Å². The van der Waals surface area contributed by atoms with Crippen LogP contribution in [0.25, 0.3) is 33.4 Å². The molecule has 0 aliphatic rings. The third-order valence-electron chi connectivity index (χ3n) is 4.94. The van der Waals surface area contributed by atoms with Crippen molar-refractivity contribution in [3.05, 3.63) is 97.1 Å². The van der Waals surface area contributed by atoms with E-state index in [1.165, 1.54) is 12.1 Å². The van der Waals surface area contributed by atoms with E-state index in [9.17, 15) is 8.42 Å². The highest BCUT2D eigenvalue weighted by Gasteiger charge is 2.09. The van der Waals surface area contributed by atoms with Crippen molar-refractivity contribution < 1.29 is 27.6 Å². The second-order valence-corrected chi connectivity index (χ2v) is 9.10. The van der Waals surface area contributed by atoms with E-state index < -0.39 is 10.1 Å². The standard InChI is InChI=1S/C24H18O6S2/c25-29-30-31-23-13-9-21(10-14-23)19-5-1-17(2-6-19)18-3-7-20(8-4-18)22-11-15-24(16-12-22)32(26,27)28/h1-16,25H,(H,26,27,28). The van der Waals surface area contributed by atoms with E-state index in [2.05, 4.69) is 21.5 Å². The summed E-state index contributed by atoms with van der Waals surface area (Å²) in [4.78, 5) is 0.672. The van der Waals surface area contributed by atoms with Crippen LogP contribution in [0.15, 0.2) is 107 Å². The van der Waals surface area contributed by atoms with Crippen LogP contribution in [-0.4, -0.2) is 18.2 Å². The molecule has 162 valence electrons. The molecule has 0 radical (unpaired) electrons. The van der Waals surface area contributed by atoms with E-state index in [-0.39, 0.29) is 4.90 Å². The van der Waals surface area contributed by atoms with Crippen molar-refractivity contribution in [1.82, 2.24) is 0 Å². The largest absolute Gasteiger partial charge is 0.294 e. The molecule has 0 aliphatic carbocycles. The number of hydrogen-bond donors (Lipinski definition) is 2. The fourth-order valence-electron chi connectivity index (χ4n) is 3.29. The van der Waals surface area contributed by atoms with Crippen LogP contribution in [0.3, 0.4) is 0 Å². The van der Waals surface area contributed by atoms with E-state index >= 15 is 0 Å². The zero-order chi connectivity index (χ0) is 22.6. The van der Waals surface area contributed by atoms with Gasteiger partial charge in [0.15, 0.2) is 0 Å². The van der Waals surface area contributed by atoms with Gasteiger partial charge in [-0.05, 0) is 57.6 Å². The third-order valence-corrected chi connectivity index (χ3v) is 6.40. The fraction of sp³-hybridized carbons (Fsp3) is 0. The molecule has 0 saturated carbocycles. The summed E-state index contributed by atoms with van der Waals surface area (Å²) < 4.78 is 35.9. The van der Waals surface area contributed by atoms with Gasteiger partial charge in [-0.25, -0.2) is 5.26 Å². The Balaban J connectivity index is 1.48. The van der Waals surface area contributed by atoms with Crippen molar-refractivity contribution in [2.24, 2.45) is 0 Å². The molecule has 0 fully saturated rings. The molecule has 0 heterocycles. The maximum absolute atomic E-state index is 11.2. The summed E-state index contributed by atoms with van der Waals surface area (Å²) in [6.07, 6.45) is 0. The zero-order valence-corrected chi connectivity index (χ0v) is 18.2. The molecule has 0 spiro atoms. The van der Waals surface area contributed by atoms with E-state index in [1.807, 2.05) is 60.7 Å². The van der Waals surface area contributed by atoms with Crippen LogP contribution in [-0.2, 0) is 19.5 Å². The van der Waals surface area contributed by atoms with Crippen LogP contribution in [0.5, 0.6) is 0 Å². The first-order chi connectivity index (χ1) is 15.4. The Morgan fingerprint density at radius 3 is 1.19 bits per heavy atom. The van der Waals surface area contributed by atoms with Crippen LogP contribution < -0.4 is 0 Å². The summed E-state index contributed by atoms with van der Waals surface area (Å²) >= 11 is 0.915. The van der Waals surface area contributed by atoms with Crippen molar-refractivity contribution >= 4 is 22.2 Å². The molecule has 32 heavy (non-hydrogen) atoms. The molecule has 4 aromatic carbocycles. The second-order valence-electron chi connectivity index (χ2n) is 6.90. The Morgan fingerprint density at radius 1 is 0.562 bits per heavy atom. The van der Waals surface area contributed by atoms with Gasteiger partial charge in [0, 0.05) is 4.90 Å². The Bertz CT molecular complexity index is 1280. The van der Waals surface area contributed by atoms with Crippen LogP contribution >= 0.6 is 12.0 Å².